The van der Waals surface area contributed by atoms with Crippen LogP contribution in [0.4, 0.5) is 0 Å². The van der Waals surface area contributed by atoms with Gasteiger partial charge in [-0.3, -0.25) is 9.59 Å². The standard InChI is InChI=1S/C20H22Cl2N2O2/c21-12-14-3-7-16(8-4-14)20(19(24)26,11-1-2-18(23)25)17-9-5-15(13-22)6-10-17/h3-10H,1-2,11-13H2,(H2,23,25)(H2,24,26). The van der Waals surface area contributed by atoms with Crippen LogP contribution in [0.15, 0.2) is 48.5 Å². The highest BCUT2D eigenvalue weighted by molar-refractivity contribution is 6.17. The molecule has 138 valence electrons. The molecule has 6 heteroatoms. The maximum Gasteiger partial charge on any atom is 0.232 e. The van der Waals surface area contributed by atoms with E-state index in [1.165, 1.54) is 0 Å². The Hall–Kier alpha value is -2.04. The molecular weight excluding hydrogens is 371 g/mol. The van der Waals surface area contributed by atoms with Gasteiger partial charge in [0.05, 0.1) is 5.41 Å². The van der Waals surface area contributed by atoms with E-state index in [0.717, 1.165) is 22.3 Å². The van der Waals surface area contributed by atoms with E-state index in [-0.39, 0.29) is 6.42 Å². The number of benzene rings is 2. The summed E-state index contributed by atoms with van der Waals surface area (Å²) < 4.78 is 0. The molecule has 0 aliphatic heterocycles. The zero-order chi connectivity index (χ0) is 19.2. The zero-order valence-corrected chi connectivity index (χ0v) is 15.9. The summed E-state index contributed by atoms with van der Waals surface area (Å²) in [5.41, 5.74) is 13.5. The second-order valence-corrected chi connectivity index (χ2v) is 6.79. The normalized spacial score (nSPS) is 11.3. The van der Waals surface area contributed by atoms with E-state index in [9.17, 15) is 9.59 Å². The molecule has 0 bridgehead atoms. The average molecular weight is 393 g/mol. The summed E-state index contributed by atoms with van der Waals surface area (Å²) >= 11 is 11.7. The van der Waals surface area contributed by atoms with Crippen LogP contribution >= 0.6 is 23.2 Å². The van der Waals surface area contributed by atoms with Crippen LogP contribution in [-0.2, 0) is 26.8 Å². The second kappa shape index (κ2) is 9.06. The van der Waals surface area contributed by atoms with Crippen molar-refractivity contribution in [3.05, 3.63) is 70.8 Å². The molecule has 2 aromatic carbocycles. The Bertz CT molecular complexity index is 711. The summed E-state index contributed by atoms with van der Waals surface area (Å²) in [5, 5.41) is 0. The van der Waals surface area contributed by atoms with Gasteiger partial charge in [0.15, 0.2) is 0 Å². The van der Waals surface area contributed by atoms with Gasteiger partial charge in [-0.15, -0.1) is 23.2 Å². The van der Waals surface area contributed by atoms with Crippen molar-refractivity contribution >= 4 is 35.0 Å². The van der Waals surface area contributed by atoms with Crippen LogP contribution < -0.4 is 11.5 Å². The molecule has 2 aromatic rings. The lowest BCUT2D eigenvalue weighted by molar-refractivity contribution is -0.123. The van der Waals surface area contributed by atoms with Gasteiger partial charge in [-0.05, 0) is 35.1 Å². The average Bonchev–Trinajstić information content (AvgIpc) is 2.65. The largest absolute Gasteiger partial charge is 0.370 e. The maximum atomic E-state index is 12.7. The van der Waals surface area contributed by atoms with Crippen LogP contribution in [0.5, 0.6) is 0 Å². The molecule has 0 unspecified atom stereocenters. The Balaban J connectivity index is 2.54. The zero-order valence-electron chi connectivity index (χ0n) is 14.4. The minimum Gasteiger partial charge on any atom is -0.370 e. The van der Waals surface area contributed by atoms with E-state index < -0.39 is 17.2 Å². The fraction of sp³-hybridized carbons (Fsp3) is 0.300. The van der Waals surface area contributed by atoms with E-state index in [2.05, 4.69) is 0 Å². The van der Waals surface area contributed by atoms with E-state index in [0.29, 0.717) is 24.6 Å². The van der Waals surface area contributed by atoms with Gasteiger partial charge in [0.2, 0.25) is 11.8 Å². The Morgan fingerprint density at radius 2 is 1.23 bits per heavy atom. The summed E-state index contributed by atoms with van der Waals surface area (Å²) in [4.78, 5) is 23.8. The molecule has 0 saturated heterocycles. The van der Waals surface area contributed by atoms with E-state index in [4.69, 9.17) is 34.7 Å². The third-order valence-electron chi connectivity index (χ3n) is 4.60. The van der Waals surface area contributed by atoms with Gasteiger partial charge in [-0.1, -0.05) is 48.5 Å². The van der Waals surface area contributed by atoms with E-state index in [1.54, 1.807) is 0 Å². The predicted molar refractivity (Wildman–Crippen MR) is 105 cm³/mol. The van der Waals surface area contributed by atoms with Crippen molar-refractivity contribution in [3.63, 3.8) is 0 Å². The lowest BCUT2D eigenvalue weighted by Crippen LogP contribution is -2.42. The molecule has 0 aliphatic rings. The number of hydrogen-bond donors (Lipinski definition) is 2. The van der Waals surface area contributed by atoms with Crippen molar-refractivity contribution in [3.8, 4) is 0 Å². The molecule has 0 fully saturated rings. The topological polar surface area (TPSA) is 86.2 Å². The Labute approximate surface area is 163 Å². The molecule has 0 heterocycles. The molecule has 2 amide bonds. The molecule has 26 heavy (non-hydrogen) atoms. The van der Waals surface area contributed by atoms with Crippen LogP contribution in [0.25, 0.3) is 0 Å². The van der Waals surface area contributed by atoms with Crippen LogP contribution in [-0.4, -0.2) is 11.8 Å². The molecule has 0 aromatic heterocycles. The molecule has 4 N–H and O–H groups in total. The van der Waals surface area contributed by atoms with Crippen molar-refractivity contribution in [2.45, 2.75) is 36.4 Å². The summed E-state index contributed by atoms with van der Waals surface area (Å²) in [5.74, 6) is -0.108. The molecule has 0 saturated carbocycles. The smallest absolute Gasteiger partial charge is 0.232 e. The van der Waals surface area contributed by atoms with Crippen molar-refractivity contribution in [1.29, 1.82) is 0 Å². The number of carbonyl (C=O) groups is 2. The second-order valence-electron chi connectivity index (χ2n) is 6.25. The highest BCUT2D eigenvalue weighted by atomic mass is 35.5. The van der Waals surface area contributed by atoms with Gasteiger partial charge in [0.25, 0.3) is 0 Å². The number of alkyl halides is 2. The fourth-order valence-electron chi connectivity index (χ4n) is 3.15. The first-order valence-corrected chi connectivity index (χ1v) is 9.40. The van der Waals surface area contributed by atoms with Gasteiger partial charge in [-0.2, -0.15) is 0 Å². The highest BCUT2D eigenvalue weighted by Gasteiger charge is 2.40. The summed E-state index contributed by atoms with van der Waals surface area (Å²) in [6.45, 7) is 0. The van der Waals surface area contributed by atoms with Gasteiger partial charge in [0, 0.05) is 18.2 Å². The molecule has 0 aliphatic carbocycles. The lowest BCUT2D eigenvalue weighted by Gasteiger charge is -2.32. The first-order chi connectivity index (χ1) is 12.4. The molecule has 4 nitrogen and oxygen atoms in total. The first kappa shape index (κ1) is 20.3. The minimum absolute atomic E-state index is 0.189. The molecular formula is C20H22Cl2N2O2. The SMILES string of the molecule is NC(=O)CCCC(C(N)=O)(c1ccc(CCl)cc1)c1ccc(CCl)cc1. The van der Waals surface area contributed by atoms with E-state index in [1.807, 2.05) is 48.5 Å². The predicted octanol–water partition coefficient (Wildman–Crippen LogP) is 3.59. The Morgan fingerprint density at radius 3 is 1.54 bits per heavy atom. The number of carbonyl (C=O) groups excluding carboxylic acids is 2. The third kappa shape index (κ3) is 4.37. The third-order valence-corrected chi connectivity index (χ3v) is 5.21. The van der Waals surface area contributed by atoms with Crippen LogP contribution in [0.2, 0.25) is 0 Å². The van der Waals surface area contributed by atoms with Crippen LogP contribution in [0.1, 0.15) is 41.5 Å². The van der Waals surface area contributed by atoms with E-state index >= 15 is 0 Å². The van der Waals surface area contributed by atoms with Crippen LogP contribution in [0, 0.1) is 0 Å². The summed E-state index contributed by atoms with van der Waals surface area (Å²) in [6.07, 6.45) is 1.02. The highest BCUT2D eigenvalue weighted by Crippen LogP contribution is 2.37. The molecule has 2 rings (SSSR count). The quantitative estimate of drug-likeness (QED) is 0.638. The van der Waals surface area contributed by atoms with Gasteiger partial charge in [-0.25, -0.2) is 0 Å². The van der Waals surface area contributed by atoms with Gasteiger partial charge < -0.3 is 11.5 Å². The van der Waals surface area contributed by atoms with Crippen molar-refractivity contribution in [2.24, 2.45) is 11.5 Å². The summed E-state index contributed by atoms with van der Waals surface area (Å²) in [6, 6.07) is 15.0. The number of nitrogens with two attached hydrogens (primary N) is 2. The fourth-order valence-corrected chi connectivity index (χ4v) is 3.50. The first-order valence-electron chi connectivity index (χ1n) is 8.33. The monoisotopic (exact) mass is 392 g/mol. The number of halogens is 2. The minimum atomic E-state index is -1.05. The van der Waals surface area contributed by atoms with Crippen LogP contribution in [0.3, 0.4) is 0 Å². The molecule has 0 radical (unpaired) electrons. The maximum absolute atomic E-state index is 12.7. The van der Waals surface area contributed by atoms with Crippen molar-refractivity contribution in [1.82, 2.24) is 0 Å². The molecule has 0 spiro atoms. The van der Waals surface area contributed by atoms with Crippen molar-refractivity contribution < 1.29 is 9.59 Å². The van der Waals surface area contributed by atoms with Gasteiger partial charge in [0.1, 0.15) is 0 Å². The Kier molecular flexibility index (Phi) is 7.06. The Morgan fingerprint density at radius 1 is 0.808 bits per heavy atom. The number of rotatable bonds is 9. The number of amides is 2. The number of hydrogen-bond acceptors (Lipinski definition) is 2. The molecule has 0 atom stereocenters. The lowest BCUT2D eigenvalue weighted by atomic mass is 9.70. The number of primary amides is 2. The van der Waals surface area contributed by atoms with Gasteiger partial charge >= 0.3 is 0 Å². The van der Waals surface area contributed by atoms with Crippen molar-refractivity contribution in [2.75, 3.05) is 0 Å². The summed E-state index contributed by atoms with van der Waals surface area (Å²) in [7, 11) is 0.